The first-order chi connectivity index (χ1) is 11.8. The van der Waals surface area contributed by atoms with Gasteiger partial charge in [-0.1, -0.05) is 0 Å². The van der Waals surface area contributed by atoms with E-state index in [9.17, 15) is 0 Å². The summed E-state index contributed by atoms with van der Waals surface area (Å²) in [4.78, 5) is 3.90. The molecule has 132 valence electrons. The zero-order valence-corrected chi connectivity index (χ0v) is 15.8. The molecule has 0 amide bonds. The second-order valence-corrected chi connectivity index (χ2v) is 7.55. The third kappa shape index (κ3) is 4.68. The fourth-order valence-electron chi connectivity index (χ4n) is 3.07. The number of nitrogens with zero attached hydrogens (tertiary/aromatic N) is 1. The highest BCUT2D eigenvalue weighted by atomic mass is 32.2. The number of thiocarbonyl (C=S) groups is 1. The zero-order valence-electron chi connectivity index (χ0n) is 14.2. The molecule has 2 N–H and O–H groups in total. The number of quaternary nitrogens is 1. The highest BCUT2D eigenvalue weighted by molar-refractivity contribution is 7.98. The summed E-state index contributed by atoms with van der Waals surface area (Å²) >= 11 is 7.39. The number of ether oxygens (including phenoxy) is 2. The van der Waals surface area contributed by atoms with Gasteiger partial charge in [0.15, 0.2) is 16.6 Å². The van der Waals surface area contributed by atoms with E-state index in [1.807, 2.05) is 17.8 Å². The summed E-state index contributed by atoms with van der Waals surface area (Å²) in [5, 5.41) is 4.30. The maximum atomic E-state index is 5.51. The van der Waals surface area contributed by atoms with Crippen molar-refractivity contribution in [3.8, 4) is 11.5 Å². The van der Waals surface area contributed by atoms with Crippen molar-refractivity contribution < 1.29 is 14.4 Å². The summed E-state index contributed by atoms with van der Waals surface area (Å²) in [6.45, 7) is 6.61. The number of hydrogen-bond acceptors (Lipinski definition) is 4. The van der Waals surface area contributed by atoms with Gasteiger partial charge in [0.2, 0.25) is 6.79 Å². The molecule has 2 heterocycles. The Morgan fingerprint density at radius 1 is 1.29 bits per heavy atom. The Bertz CT molecular complexity index is 563. The summed E-state index contributed by atoms with van der Waals surface area (Å²) in [7, 11) is 0. The van der Waals surface area contributed by atoms with Gasteiger partial charge in [-0.3, -0.25) is 0 Å². The minimum Gasteiger partial charge on any atom is -0.454 e. The normalized spacial score (nSPS) is 17.1. The van der Waals surface area contributed by atoms with Crippen LogP contribution in [-0.4, -0.2) is 61.5 Å². The van der Waals surface area contributed by atoms with Crippen molar-refractivity contribution in [1.82, 2.24) is 10.2 Å². The first kappa shape index (κ1) is 17.6. The third-order valence-corrected chi connectivity index (χ3v) is 5.55. The average Bonchev–Trinajstić information content (AvgIpc) is 3.07. The molecule has 2 aliphatic rings. The van der Waals surface area contributed by atoms with Gasteiger partial charge in [0.05, 0.1) is 26.2 Å². The van der Waals surface area contributed by atoms with E-state index in [1.54, 1.807) is 4.90 Å². The number of rotatable bonds is 6. The molecule has 24 heavy (non-hydrogen) atoms. The maximum Gasteiger partial charge on any atom is 0.231 e. The summed E-state index contributed by atoms with van der Waals surface area (Å²) < 4.78 is 10.8. The van der Waals surface area contributed by atoms with Gasteiger partial charge in [0, 0.05) is 12.1 Å². The maximum absolute atomic E-state index is 5.51. The highest BCUT2D eigenvalue weighted by Crippen LogP contribution is 2.32. The van der Waals surface area contributed by atoms with Crippen LogP contribution in [0.2, 0.25) is 0 Å². The standard InChI is InChI=1S/C17H25N3O2S2/c1-24-10-2-5-18-17(23)20-8-6-19(7-9-20)12-14-3-4-15-16(11-14)22-13-21-15/h3-4,11H,2,5-10,12-13H2,1H3,(H,18,23)/p+1. The first-order valence-electron chi connectivity index (χ1n) is 8.50. The van der Waals surface area contributed by atoms with Crippen LogP contribution >= 0.6 is 24.0 Å². The summed E-state index contributed by atoms with van der Waals surface area (Å²) in [6, 6.07) is 6.27. The highest BCUT2D eigenvalue weighted by Gasteiger charge is 2.22. The molecule has 0 spiro atoms. The molecule has 1 aromatic carbocycles. The molecule has 0 aliphatic carbocycles. The molecule has 1 saturated heterocycles. The average molecular weight is 369 g/mol. The number of benzene rings is 1. The van der Waals surface area contributed by atoms with Crippen molar-refractivity contribution in [3.05, 3.63) is 23.8 Å². The van der Waals surface area contributed by atoms with Gasteiger partial charge in [-0.05, 0) is 48.8 Å². The molecule has 5 nitrogen and oxygen atoms in total. The molecule has 2 aliphatic heterocycles. The number of hydrogen-bond donors (Lipinski definition) is 2. The van der Waals surface area contributed by atoms with E-state index in [0.29, 0.717) is 6.79 Å². The van der Waals surface area contributed by atoms with Gasteiger partial charge < -0.3 is 24.6 Å². The molecular weight excluding hydrogens is 342 g/mol. The monoisotopic (exact) mass is 368 g/mol. The molecule has 0 unspecified atom stereocenters. The fraction of sp³-hybridized carbons (Fsp3) is 0.588. The predicted octanol–water partition coefficient (Wildman–Crippen LogP) is 0.743. The molecule has 0 atom stereocenters. The lowest BCUT2D eigenvalue weighted by molar-refractivity contribution is -0.917. The number of nitrogens with one attached hydrogen (secondary N) is 2. The number of piperazine rings is 1. The molecule has 0 bridgehead atoms. The van der Waals surface area contributed by atoms with Gasteiger partial charge >= 0.3 is 0 Å². The summed E-state index contributed by atoms with van der Waals surface area (Å²) in [6.07, 6.45) is 3.30. The lowest BCUT2D eigenvalue weighted by Crippen LogP contribution is -3.13. The fourth-order valence-corrected chi connectivity index (χ4v) is 3.78. The minimum atomic E-state index is 0.339. The summed E-state index contributed by atoms with van der Waals surface area (Å²) in [5.41, 5.74) is 1.31. The number of thioether (sulfide) groups is 1. The van der Waals surface area contributed by atoms with Gasteiger partial charge in [-0.2, -0.15) is 11.8 Å². The largest absolute Gasteiger partial charge is 0.454 e. The lowest BCUT2D eigenvalue weighted by Gasteiger charge is -2.34. The van der Waals surface area contributed by atoms with E-state index in [4.69, 9.17) is 21.7 Å². The molecule has 3 rings (SSSR count). The SMILES string of the molecule is CSCCCNC(=S)N1CC[NH+](Cc2ccc3c(c2)OCO3)CC1. The van der Waals surface area contributed by atoms with Crippen LogP contribution in [0, 0.1) is 0 Å². The van der Waals surface area contributed by atoms with E-state index in [2.05, 4.69) is 28.6 Å². The van der Waals surface area contributed by atoms with Crippen LogP contribution in [0.5, 0.6) is 11.5 Å². The van der Waals surface area contributed by atoms with Crippen LogP contribution in [0.15, 0.2) is 18.2 Å². The zero-order chi connectivity index (χ0) is 16.8. The van der Waals surface area contributed by atoms with Crippen molar-refractivity contribution in [1.29, 1.82) is 0 Å². The summed E-state index contributed by atoms with van der Waals surface area (Å²) in [5.74, 6) is 2.92. The molecular formula is C17H26N3O2S2+. The molecule has 0 saturated carbocycles. The van der Waals surface area contributed by atoms with E-state index < -0.39 is 0 Å². The Kier molecular flexibility index (Phi) is 6.45. The van der Waals surface area contributed by atoms with E-state index in [-0.39, 0.29) is 0 Å². The Hall–Kier alpha value is -1.18. The molecule has 7 heteroatoms. The van der Waals surface area contributed by atoms with Gasteiger partial charge in [0.25, 0.3) is 0 Å². The van der Waals surface area contributed by atoms with Crippen LogP contribution in [-0.2, 0) is 6.54 Å². The number of fused-ring (bicyclic) bond motifs is 1. The Morgan fingerprint density at radius 3 is 2.88 bits per heavy atom. The van der Waals surface area contributed by atoms with Gasteiger partial charge in [0.1, 0.15) is 6.54 Å². The smallest absolute Gasteiger partial charge is 0.231 e. The van der Waals surface area contributed by atoms with Crippen molar-refractivity contribution in [2.24, 2.45) is 0 Å². The topological polar surface area (TPSA) is 38.2 Å². The molecule has 0 radical (unpaired) electrons. The third-order valence-electron chi connectivity index (χ3n) is 4.45. The van der Waals surface area contributed by atoms with E-state index in [1.165, 1.54) is 11.3 Å². The van der Waals surface area contributed by atoms with Crippen LogP contribution in [0.4, 0.5) is 0 Å². The Balaban J connectivity index is 1.41. The second-order valence-electron chi connectivity index (χ2n) is 6.18. The van der Waals surface area contributed by atoms with Crippen LogP contribution in [0.25, 0.3) is 0 Å². The second kappa shape index (κ2) is 8.78. The lowest BCUT2D eigenvalue weighted by atomic mass is 10.1. The quantitative estimate of drug-likeness (QED) is 0.570. The first-order valence-corrected chi connectivity index (χ1v) is 10.3. The molecule has 0 aromatic heterocycles. The van der Waals surface area contributed by atoms with Crippen LogP contribution < -0.4 is 19.7 Å². The van der Waals surface area contributed by atoms with Crippen LogP contribution in [0.3, 0.4) is 0 Å². The Morgan fingerprint density at radius 2 is 2.08 bits per heavy atom. The molecule has 1 fully saturated rings. The Labute approximate surface area is 153 Å². The minimum absolute atomic E-state index is 0.339. The van der Waals surface area contributed by atoms with E-state index in [0.717, 1.165) is 62.3 Å². The van der Waals surface area contributed by atoms with Crippen LogP contribution in [0.1, 0.15) is 12.0 Å². The molecule has 1 aromatic rings. The van der Waals surface area contributed by atoms with Crippen molar-refractivity contribution in [2.75, 3.05) is 51.5 Å². The van der Waals surface area contributed by atoms with Crippen molar-refractivity contribution in [2.45, 2.75) is 13.0 Å². The van der Waals surface area contributed by atoms with E-state index >= 15 is 0 Å². The van der Waals surface area contributed by atoms with Crippen molar-refractivity contribution >= 4 is 29.1 Å². The predicted molar refractivity (Wildman–Crippen MR) is 102 cm³/mol. The van der Waals surface area contributed by atoms with Gasteiger partial charge in [-0.15, -0.1) is 0 Å². The van der Waals surface area contributed by atoms with Gasteiger partial charge in [-0.25, -0.2) is 0 Å². The van der Waals surface area contributed by atoms with Crippen molar-refractivity contribution in [3.63, 3.8) is 0 Å².